The van der Waals surface area contributed by atoms with E-state index >= 15 is 0 Å². The number of hydrogen-bond acceptors (Lipinski definition) is 4. The summed E-state index contributed by atoms with van der Waals surface area (Å²) in [5.74, 6) is 1.79. The molecule has 18 heavy (non-hydrogen) atoms. The Morgan fingerprint density at radius 3 is 2.94 bits per heavy atom. The number of ether oxygens (including phenoxy) is 1. The Hall–Kier alpha value is -1.23. The molecule has 5 nitrogen and oxygen atoms in total. The maximum atomic E-state index is 5.99. The molecule has 1 aromatic rings. The van der Waals surface area contributed by atoms with Gasteiger partial charge in [0.25, 0.3) is 0 Å². The number of aryl methyl sites for hydroxylation is 2. The molecule has 2 rings (SSSR count). The van der Waals surface area contributed by atoms with E-state index in [1.807, 2.05) is 11.6 Å². The number of nitrogens with one attached hydrogen (secondary N) is 1. The van der Waals surface area contributed by atoms with E-state index in [1.165, 1.54) is 12.8 Å². The molecule has 0 saturated heterocycles. The molecule has 0 atom stereocenters. The van der Waals surface area contributed by atoms with Crippen molar-refractivity contribution in [3.05, 3.63) is 5.69 Å². The van der Waals surface area contributed by atoms with Crippen LogP contribution in [0.2, 0.25) is 0 Å². The Labute approximate surface area is 109 Å². The standard InChI is InChI=1S/C13H24N4O/c1-3-17-13(12(14)10(2)16-17)15-7-4-8-18-9-11-5-6-11/h11,15H,3-9,14H2,1-2H3. The van der Waals surface area contributed by atoms with Crippen molar-refractivity contribution in [3.8, 4) is 0 Å². The molecule has 1 aliphatic carbocycles. The van der Waals surface area contributed by atoms with Crippen molar-refractivity contribution in [3.63, 3.8) is 0 Å². The van der Waals surface area contributed by atoms with Gasteiger partial charge in [-0.15, -0.1) is 0 Å². The van der Waals surface area contributed by atoms with Crippen molar-refractivity contribution in [2.45, 2.75) is 39.7 Å². The van der Waals surface area contributed by atoms with Crippen molar-refractivity contribution in [2.75, 3.05) is 30.8 Å². The monoisotopic (exact) mass is 252 g/mol. The summed E-state index contributed by atoms with van der Waals surface area (Å²) < 4.78 is 7.51. The van der Waals surface area contributed by atoms with Crippen LogP contribution in [0.4, 0.5) is 11.5 Å². The Balaban J connectivity index is 1.68. The minimum Gasteiger partial charge on any atom is -0.394 e. The van der Waals surface area contributed by atoms with E-state index in [0.717, 1.165) is 55.8 Å². The molecule has 1 heterocycles. The van der Waals surface area contributed by atoms with Crippen molar-refractivity contribution in [1.29, 1.82) is 0 Å². The first-order valence-corrected chi connectivity index (χ1v) is 6.86. The summed E-state index contributed by atoms with van der Waals surface area (Å²) in [7, 11) is 0. The molecule has 0 aliphatic heterocycles. The SMILES string of the molecule is CCn1nc(C)c(N)c1NCCCOCC1CC1. The smallest absolute Gasteiger partial charge is 0.148 e. The molecule has 0 amide bonds. The summed E-state index contributed by atoms with van der Waals surface area (Å²) in [6, 6.07) is 0. The van der Waals surface area contributed by atoms with E-state index in [2.05, 4.69) is 17.3 Å². The van der Waals surface area contributed by atoms with Crippen LogP contribution in [0.5, 0.6) is 0 Å². The predicted octanol–water partition coefficient (Wildman–Crippen LogP) is 2.02. The van der Waals surface area contributed by atoms with Gasteiger partial charge in [0.05, 0.1) is 11.4 Å². The van der Waals surface area contributed by atoms with Crippen LogP contribution in [0.3, 0.4) is 0 Å². The lowest BCUT2D eigenvalue weighted by atomic mass is 10.3. The zero-order valence-electron chi connectivity index (χ0n) is 11.4. The predicted molar refractivity (Wildman–Crippen MR) is 73.7 cm³/mol. The maximum absolute atomic E-state index is 5.99. The lowest BCUT2D eigenvalue weighted by molar-refractivity contribution is 0.124. The van der Waals surface area contributed by atoms with Gasteiger partial charge in [0.2, 0.25) is 0 Å². The molecular formula is C13H24N4O. The lowest BCUT2D eigenvalue weighted by Crippen LogP contribution is -2.11. The molecule has 0 radical (unpaired) electrons. The lowest BCUT2D eigenvalue weighted by Gasteiger charge is -2.09. The molecule has 0 spiro atoms. The molecule has 0 aromatic carbocycles. The van der Waals surface area contributed by atoms with E-state index in [1.54, 1.807) is 0 Å². The fourth-order valence-electron chi connectivity index (χ4n) is 1.93. The number of anilines is 2. The van der Waals surface area contributed by atoms with Gasteiger partial charge in [0.15, 0.2) is 0 Å². The van der Waals surface area contributed by atoms with Crippen molar-refractivity contribution >= 4 is 11.5 Å². The normalized spacial score (nSPS) is 15.0. The van der Waals surface area contributed by atoms with Gasteiger partial charge in [-0.1, -0.05) is 0 Å². The van der Waals surface area contributed by atoms with Gasteiger partial charge in [-0.05, 0) is 39.0 Å². The van der Waals surface area contributed by atoms with E-state index < -0.39 is 0 Å². The van der Waals surface area contributed by atoms with Crippen LogP contribution in [0.25, 0.3) is 0 Å². The highest BCUT2D eigenvalue weighted by molar-refractivity contribution is 5.64. The first-order chi connectivity index (χ1) is 8.72. The van der Waals surface area contributed by atoms with Gasteiger partial charge in [-0.3, -0.25) is 0 Å². The fourth-order valence-corrected chi connectivity index (χ4v) is 1.93. The highest BCUT2D eigenvalue weighted by atomic mass is 16.5. The van der Waals surface area contributed by atoms with E-state index in [0.29, 0.717) is 0 Å². The second kappa shape index (κ2) is 6.09. The summed E-state index contributed by atoms with van der Waals surface area (Å²) in [6.07, 6.45) is 3.70. The summed E-state index contributed by atoms with van der Waals surface area (Å²) in [5.41, 5.74) is 7.64. The zero-order chi connectivity index (χ0) is 13.0. The average Bonchev–Trinajstić information content (AvgIpc) is 3.14. The Morgan fingerprint density at radius 1 is 1.50 bits per heavy atom. The molecule has 3 N–H and O–H groups in total. The topological polar surface area (TPSA) is 65.1 Å². The third-order valence-corrected chi connectivity index (χ3v) is 3.28. The molecule has 1 fully saturated rings. The largest absolute Gasteiger partial charge is 0.394 e. The number of hydrogen-bond donors (Lipinski definition) is 2. The van der Waals surface area contributed by atoms with Gasteiger partial charge >= 0.3 is 0 Å². The molecule has 0 unspecified atom stereocenters. The van der Waals surface area contributed by atoms with E-state index in [9.17, 15) is 0 Å². The quantitative estimate of drug-likeness (QED) is 0.695. The number of nitrogens with zero attached hydrogens (tertiary/aromatic N) is 2. The van der Waals surface area contributed by atoms with Gasteiger partial charge < -0.3 is 15.8 Å². The Bertz CT molecular complexity index is 385. The summed E-state index contributed by atoms with van der Waals surface area (Å²) in [6.45, 7) is 7.47. The number of nitrogen functional groups attached to an aromatic ring is 1. The van der Waals surface area contributed by atoms with Gasteiger partial charge in [-0.25, -0.2) is 4.68 Å². The summed E-state index contributed by atoms with van der Waals surface area (Å²) in [4.78, 5) is 0. The third-order valence-electron chi connectivity index (χ3n) is 3.28. The van der Waals surface area contributed by atoms with Crippen LogP contribution >= 0.6 is 0 Å². The first kappa shape index (κ1) is 13.2. The Kier molecular flexibility index (Phi) is 4.47. The molecule has 0 bridgehead atoms. The maximum Gasteiger partial charge on any atom is 0.148 e. The van der Waals surface area contributed by atoms with Crippen LogP contribution in [0, 0.1) is 12.8 Å². The van der Waals surface area contributed by atoms with Crippen LogP contribution in [0.1, 0.15) is 31.9 Å². The summed E-state index contributed by atoms with van der Waals surface area (Å²) in [5, 5.41) is 7.73. The Morgan fingerprint density at radius 2 is 2.28 bits per heavy atom. The number of aromatic nitrogens is 2. The molecular weight excluding hydrogens is 228 g/mol. The molecule has 1 aromatic heterocycles. The molecule has 102 valence electrons. The highest BCUT2D eigenvalue weighted by Gasteiger charge is 2.20. The highest BCUT2D eigenvalue weighted by Crippen LogP contribution is 2.28. The van der Waals surface area contributed by atoms with Crippen molar-refractivity contribution in [1.82, 2.24) is 9.78 Å². The van der Waals surface area contributed by atoms with Gasteiger partial charge in [-0.2, -0.15) is 5.10 Å². The van der Waals surface area contributed by atoms with Crippen LogP contribution in [-0.2, 0) is 11.3 Å². The minimum absolute atomic E-state index is 0.760. The van der Waals surface area contributed by atoms with Crippen molar-refractivity contribution in [2.24, 2.45) is 5.92 Å². The average molecular weight is 252 g/mol. The summed E-state index contributed by atoms with van der Waals surface area (Å²) >= 11 is 0. The zero-order valence-corrected chi connectivity index (χ0v) is 11.4. The molecule has 1 aliphatic rings. The fraction of sp³-hybridized carbons (Fsp3) is 0.769. The number of nitrogens with two attached hydrogens (primary N) is 1. The van der Waals surface area contributed by atoms with Crippen LogP contribution in [0.15, 0.2) is 0 Å². The van der Waals surface area contributed by atoms with E-state index in [4.69, 9.17) is 10.5 Å². The molecule has 1 saturated carbocycles. The number of rotatable bonds is 8. The van der Waals surface area contributed by atoms with Gasteiger partial charge in [0, 0.05) is 26.3 Å². The van der Waals surface area contributed by atoms with Crippen molar-refractivity contribution < 1.29 is 4.74 Å². The van der Waals surface area contributed by atoms with Gasteiger partial charge in [0.1, 0.15) is 5.82 Å². The second-order valence-electron chi connectivity index (χ2n) is 4.96. The molecule has 5 heteroatoms. The minimum atomic E-state index is 0.760. The van der Waals surface area contributed by atoms with Crippen LogP contribution in [-0.4, -0.2) is 29.5 Å². The third kappa shape index (κ3) is 3.38. The van der Waals surface area contributed by atoms with E-state index in [-0.39, 0.29) is 0 Å². The van der Waals surface area contributed by atoms with Crippen LogP contribution < -0.4 is 11.1 Å². The first-order valence-electron chi connectivity index (χ1n) is 6.86. The second-order valence-corrected chi connectivity index (χ2v) is 4.96.